The molecule has 1 atom stereocenters. The van der Waals surface area contributed by atoms with Crippen LogP contribution in [0.5, 0.6) is 0 Å². The first-order chi connectivity index (χ1) is 7.29. The van der Waals surface area contributed by atoms with Crippen LogP contribution in [-0.4, -0.2) is 73.5 Å². The number of carbonyl (C=O) groups excluding carboxylic acids is 1. The summed E-state index contributed by atoms with van der Waals surface area (Å²) in [6, 6.07) is 0.720. The van der Waals surface area contributed by atoms with Gasteiger partial charge in [-0.05, 0) is 26.4 Å². The molecule has 0 aliphatic carbocycles. The van der Waals surface area contributed by atoms with Gasteiger partial charge in [-0.3, -0.25) is 9.69 Å². The molecule has 2 aliphatic rings. The van der Waals surface area contributed by atoms with Crippen molar-refractivity contribution in [3.63, 3.8) is 0 Å². The number of hydrogen-bond acceptors (Lipinski definition) is 3. The average Bonchev–Trinajstić information content (AvgIpc) is 2.29. The Morgan fingerprint density at radius 2 is 1.87 bits per heavy atom. The number of likely N-dealkylation sites (tertiary alicyclic amines) is 1. The molecule has 2 heterocycles. The third-order valence-corrected chi connectivity index (χ3v) is 3.61. The number of rotatable bonds is 2. The summed E-state index contributed by atoms with van der Waals surface area (Å²) in [7, 11) is 2.20. The maximum absolute atomic E-state index is 10.6. The third kappa shape index (κ3) is 2.69. The second-order valence-corrected chi connectivity index (χ2v) is 4.74. The van der Waals surface area contributed by atoms with E-state index in [2.05, 4.69) is 16.8 Å². The second-order valence-electron chi connectivity index (χ2n) is 4.74. The van der Waals surface area contributed by atoms with E-state index < -0.39 is 0 Å². The lowest BCUT2D eigenvalue weighted by Gasteiger charge is -2.41. The van der Waals surface area contributed by atoms with Gasteiger partial charge in [0.05, 0.1) is 0 Å². The van der Waals surface area contributed by atoms with Crippen LogP contribution < -0.4 is 0 Å². The molecule has 0 bridgehead atoms. The van der Waals surface area contributed by atoms with E-state index in [9.17, 15) is 4.79 Å². The Morgan fingerprint density at radius 1 is 1.13 bits per heavy atom. The minimum atomic E-state index is 0.720. The molecule has 0 N–H and O–H groups in total. The summed E-state index contributed by atoms with van der Waals surface area (Å²) in [6.45, 7) is 6.35. The minimum absolute atomic E-state index is 0.720. The van der Waals surface area contributed by atoms with Crippen molar-refractivity contribution in [2.45, 2.75) is 18.9 Å². The maximum atomic E-state index is 10.6. The highest BCUT2D eigenvalue weighted by atomic mass is 16.1. The normalized spacial score (nSPS) is 30.5. The Bertz CT molecular complexity index is 214. The van der Waals surface area contributed by atoms with Crippen LogP contribution in [0.15, 0.2) is 0 Å². The predicted molar refractivity (Wildman–Crippen MR) is 59.7 cm³/mol. The summed E-state index contributed by atoms with van der Waals surface area (Å²) in [6.07, 6.45) is 3.62. The van der Waals surface area contributed by atoms with E-state index in [1.165, 1.54) is 25.9 Å². The van der Waals surface area contributed by atoms with E-state index in [1.807, 2.05) is 4.90 Å². The zero-order chi connectivity index (χ0) is 10.7. The van der Waals surface area contributed by atoms with Crippen LogP contribution >= 0.6 is 0 Å². The lowest BCUT2D eigenvalue weighted by molar-refractivity contribution is -0.120. The van der Waals surface area contributed by atoms with Gasteiger partial charge in [0, 0.05) is 38.8 Å². The molecule has 15 heavy (non-hydrogen) atoms. The molecule has 0 aromatic carbocycles. The average molecular weight is 211 g/mol. The molecule has 2 aliphatic heterocycles. The molecular formula is C11H21N3O. The highest BCUT2D eigenvalue weighted by molar-refractivity contribution is 5.47. The molecule has 0 aromatic heterocycles. The van der Waals surface area contributed by atoms with Gasteiger partial charge in [0.25, 0.3) is 0 Å². The summed E-state index contributed by atoms with van der Waals surface area (Å²) < 4.78 is 0. The Labute approximate surface area is 91.8 Å². The number of piperidine rings is 1. The van der Waals surface area contributed by atoms with Crippen molar-refractivity contribution < 1.29 is 4.79 Å². The van der Waals surface area contributed by atoms with Crippen molar-refractivity contribution in [2.24, 2.45) is 0 Å². The quantitative estimate of drug-likeness (QED) is 0.595. The van der Waals surface area contributed by atoms with Crippen LogP contribution in [-0.2, 0) is 4.79 Å². The minimum Gasteiger partial charge on any atom is -0.343 e. The molecule has 0 aromatic rings. The van der Waals surface area contributed by atoms with E-state index in [0.29, 0.717) is 0 Å². The summed E-state index contributed by atoms with van der Waals surface area (Å²) in [5.74, 6) is 0. The van der Waals surface area contributed by atoms with E-state index in [-0.39, 0.29) is 0 Å². The van der Waals surface area contributed by atoms with Crippen LogP contribution in [0.1, 0.15) is 12.8 Å². The molecule has 0 saturated carbocycles. The SMILES string of the molecule is CN1CCCC(N2CCN(C=O)CC2)C1. The number of carbonyl (C=O) groups is 1. The molecule has 4 heteroatoms. The molecular weight excluding hydrogens is 190 g/mol. The molecule has 0 spiro atoms. The highest BCUT2D eigenvalue weighted by Gasteiger charge is 2.26. The molecule has 0 radical (unpaired) electrons. The van der Waals surface area contributed by atoms with E-state index in [4.69, 9.17) is 0 Å². The van der Waals surface area contributed by atoms with Gasteiger partial charge in [0.2, 0.25) is 6.41 Å². The van der Waals surface area contributed by atoms with Crippen LogP contribution in [0.4, 0.5) is 0 Å². The molecule has 86 valence electrons. The second kappa shape index (κ2) is 4.94. The van der Waals surface area contributed by atoms with E-state index in [1.54, 1.807) is 0 Å². The van der Waals surface area contributed by atoms with Crippen molar-refractivity contribution in [3.05, 3.63) is 0 Å². The molecule has 2 rings (SSSR count). The standard InChI is InChI=1S/C11H21N3O/c1-12-4-2-3-11(9-12)14-7-5-13(10-15)6-8-14/h10-11H,2-9H2,1H3. The molecule has 1 unspecified atom stereocenters. The number of likely N-dealkylation sites (N-methyl/N-ethyl adjacent to an activating group) is 1. The molecule has 2 fully saturated rings. The van der Waals surface area contributed by atoms with Crippen molar-refractivity contribution in [1.29, 1.82) is 0 Å². The lowest BCUT2D eigenvalue weighted by atomic mass is 10.0. The first-order valence-corrected chi connectivity index (χ1v) is 5.91. The highest BCUT2D eigenvalue weighted by Crippen LogP contribution is 2.16. The number of amides is 1. The van der Waals surface area contributed by atoms with Crippen LogP contribution in [0, 0.1) is 0 Å². The number of nitrogens with zero attached hydrogens (tertiary/aromatic N) is 3. The van der Waals surface area contributed by atoms with Crippen molar-refractivity contribution in [2.75, 3.05) is 46.3 Å². The lowest BCUT2D eigenvalue weighted by Crippen LogP contribution is -2.54. The van der Waals surface area contributed by atoms with Gasteiger partial charge in [-0.2, -0.15) is 0 Å². The predicted octanol–water partition coefficient (Wildman–Crippen LogP) is -0.145. The topological polar surface area (TPSA) is 26.8 Å². The van der Waals surface area contributed by atoms with Gasteiger partial charge in [0.1, 0.15) is 0 Å². The van der Waals surface area contributed by atoms with Crippen molar-refractivity contribution >= 4 is 6.41 Å². The summed E-state index contributed by atoms with van der Waals surface area (Å²) >= 11 is 0. The van der Waals surface area contributed by atoms with Gasteiger partial charge in [-0.25, -0.2) is 0 Å². The fourth-order valence-corrected chi connectivity index (χ4v) is 2.65. The number of piperazine rings is 1. The summed E-state index contributed by atoms with van der Waals surface area (Å²) in [4.78, 5) is 17.4. The fraction of sp³-hybridized carbons (Fsp3) is 0.909. The smallest absolute Gasteiger partial charge is 0.209 e. The zero-order valence-electron chi connectivity index (χ0n) is 9.56. The first kappa shape index (κ1) is 10.9. The Hall–Kier alpha value is -0.610. The number of hydrogen-bond donors (Lipinski definition) is 0. The van der Waals surface area contributed by atoms with Gasteiger partial charge < -0.3 is 9.80 Å². The monoisotopic (exact) mass is 211 g/mol. The largest absolute Gasteiger partial charge is 0.343 e. The van der Waals surface area contributed by atoms with Crippen LogP contribution in [0.2, 0.25) is 0 Å². The zero-order valence-corrected chi connectivity index (χ0v) is 9.56. The first-order valence-electron chi connectivity index (χ1n) is 5.91. The van der Waals surface area contributed by atoms with Gasteiger partial charge in [-0.15, -0.1) is 0 Å². The maximum Gasteiger partial charge on any atom is 0.209 e. The summed E-state index contributed by atoms with van der Waals surface area (Å²) in [5.41, 5.74) is 0. The third-order valence-electron chi connectivity index (χ3n) is 3.61. The summed E-state index contributed by atoms with van der Waals surface area (Å²) in [5, 5.41) is 0. The fourth-order valence-electron chi connectivity index (χ4n) is 2.65. The Balaban J connectivity index is 1.81. The molecule has 4 nitrogen and oxygen atoms in total. The van der Waals surface area contributed by atoms with E-state index in [0.717, 1.165) is 38.6 Å². The molecule has 2 saturated heterocycles. The van der Waals surface area contributed by atoms with Crippen LogP contribution in [0.25, 0.3) is 0 Å². The van der Waals surface area contributed by atoms with Gasteiger partial charge in [-0.1, -0.05) is 0 Å². The van der Waals surface area contributed by atoms with E-state index >= 15 is 0 Å². The van der Waals surface area contributed by atoms with Gasteiger partial charge in [0.15, 0.2) is 0 Å². The van der Waals surface area contributed by atoms with Gasteiger partial charge >= 0.3 is 0 Å². The van der Waals surface area contributed by atoms with Crippen molar-refractivity contribution in [3.8, 4) is 0 Å². The molecule has 1 amide bonds. The Kier molecular flexibility index (Phi) is 3.59. The van der Waals surface area contributed by atoms with Crippen LogP contribution in [0.3, 0.4) is 0 Å². The van der Waals surface area contributed by atoms with Crippen molar-refractivity contribution in [1.82, 2.24) is 14.7 Å². The Morgan fingerprint density at radius 3 is 2.47 bits per heavy atom.